The zero-order chi connectivity index (χ0) is 15.1. The highest BCUT2D eigenvalue weighted by Gasteiger charge is 2.35. The summed E-state index contributed by atoms with van der Waals surface area (Å²) in [6.45, 7) is 4.77. The monoisotopic (exact) mass is 292 g/mol. The van der Waals surface area contributed by atoms with E-state index >= 15 is 0 Å². The average molecular weight is 292 g/mol. The SMILES string of the molecule is CCOCc1ccccc1CNC(=O)C1(N)CCOCC1. The van der Waals surface area contributed by atoms with E-state index in [9.17, 15) is 4.79 Å². The summed E-state index contributed by atoms with van der Waals surface area (Å²) in [7, 11) is 0. The highest BCUT2D eigenvalue weighted by atomic mass is 16.5. The van der Waals surface area contributed by atoms with Crippen LogP contribution in [0, 0.1) is 0 Å². The van der Waals surface area contributed by atoms with Crippen LogP contribution in [0.1, 0.15) is 30.9 Å². The number of hydrogen-bond donors (Lipinski definition) is 2. The van der Waals surface area contributed by atoms with Gasteiger partial charge >= 0.3 is 0 Å². The number of nitrogens with one attached hydrogen (secondary N) is 1. The van der Waals surface area contributed by atoms with Gasteiger partial charge in [0.05, 0.1) is 12.1 Å². The third-order valence-electron chi connectivity index (χ3n) is 3.86. The minimum Gasteiger partial charge on any atom is -0.381 e. The second-order valence-corrected chi connectivity index (χ2v) is 5.36. The van der Waals surface area contributed by atoms with Gasteiger partial charge in [-0.1, -0.05) is 24.3 Å². The summed E-state index contributed by atoms with van der Waals surface area (Å²) in [4.78, 5) is 12.3. The minimum atomic E-state index is -0.798. The highest BCUT2D eigenvalue weighted by molar-refractivity contribution is 5.86. The molecule has 0 bridgehead atoms. The van der Waals surface area contributed by atoms with E-state index in [0.717, 1.165) is 11.1 Å². The maximum Gasteiger partial charge on any atom is 0.240 e. The number of nitrogens with two attached hydrogens (primary N) is 1. The fourth-order valence-electron chi connectivity index (χ4n) is 2.40. The zero-order valence-corrected chi connectivity index (χ0v) is 12.6. The predicted octanol–water partition coefficient (Wildman–Crippen LogP) is 1.35. The predicted molar refractivity (Wildman–Crippen MR) is 80.6 cm³/mol. The van der Waals surface area contributed by atoms with Gasteiger partial charge in [0.1, 0.15) is 0 Å². The molecule has 1 amide bonds. The van der Waals surface area contributed by atoms with Crippen molar-refractivity contribution in [2.75, 3.05) is 19.8 Å². The maximum atomic E-state index is 12.3. The Morgan fingerprint density at radius 1 is 1.33 bits per heavy atom. The van der Waals surface area contributed by atoms with Gasteiger partial charge in [-0.05, 0) is 30.9 Å². The number of rotatable bonds is 6. The number of carbonyl (C=O) groups excluding carboxylic acids is 1. The van der Waals surface area contributed by atoms with Crippen LogP contribution in [0.2, 0.25) is 0 Å². The van der Waals surface area contributed by atoms with Crippen LogP contribution in [0.15, 0.2) is 24.3 Å². The topological polar surface area (TPSA) is 73.6 Å². The van der Waals surface area contributed by atoms with Gasteiger partial charge in [-0.3, -0.25) is 4.79 Å². The minimum absolute atomic E-state index is 0.1000. The van der Waals surface area contributed by atoms with Crippen LogP contribution >= 0.6 is 0 Å². The smallest absolute Gasteiger partial charge is 0.240 e. The highest BCUT2D eigenvalue weighted by Crippen LogP contribution is 2.18. The number of benzene rings is 1. The van der Waals surface area contributed by atoms with Crippen LogP contribution < -0.4 is 11.1 Å². The molecule has 0 saturated carbocycles. The van der Waals surface area contributed by atoms with E-state index in [1.807, 2.05) is 31.2 Å². The van der Waals surface area contributed by atoms with Crippen molar-refractivity contribution in [3.63, 3.8) is 0 Å². The van der Waals surface area contributed by atoms with Crippen molar-refractivity contribution in [3.8, 4) is 0 Å². The molecule has 0 radical (unpaired) electrons. The molecule has 5 heteroatoms. The van der Waals surface area contributed by atoms with Gasteiger partial charge in [0.15, 0.2) is 0 Å². The van der Waals surface area contributed by atoms with E-state index in [4.69, 9.17) is 15.2 Å². The Morgan fingerprint density at radius 3 is 2.67 bits per heavy atom. The summed E-state index contributed by atoms with van der Waals surface area (Å²) in [5.74, 6) is -0.1000. The molecule has 5 nitrogen and oxygen atoms in total. The first-order valence-corrected chi connectivity index (χ1v) is 7.45. The van der Waals surface area contributed by atoms with Gasteiger partial charge in [-0.15, -0.1) is 0 Å². The Bertz CT molecular complexity index is 470. The molecule has 21 heavy (non-hydrogen) atoms. The molecule has 0 aliphatic carbocycles. The van der Waals surface area contributed by atoms with Crippen molar-refractivity contribution in [3.05, 3.63) is 35.4 Å². The number of amides is 1. The summed E-state index contributed by atoms with van der Waals surface area (Å²) in [6.07, 6.45) is 1.14. The van der Waals surface area contributed by atoms with Gasteiger partial charge in [0.25, 0.3) is 0 Å². The molecular weight excluding hydrogens is 268 g/mol. The van der Waals surface area contributed by atoms with E-state index in [1.54, 1.807) is 0 Å². The number of hydrogen-bond acceptors (Lipinski definition) is 4. The van der Waals surface area contributed by atoms with Gasteiger partial charge in [0.2, 0.25) is 5.91 Å². The van der Waals surface area contributed by atoms with Crippen molar-refractivity contribution in [1.29, 1.82) is 0 Å². The first-order chi connectivity index (χ1) is 10.2. The Kier molecular flexibility index (Phi) is 5.73. The van der Waals surface area contributed by atoms with E-state index < -0.39 is 5.54 Å². The standard InChI is InChI=1S/C16H24N2O3/c1-2-20-12-14-6-4-3-5-13(14)11-18-15(19)16(17)7-9-21-10-8-16/h3-6H,2,7-12,17H2,1H3,(H,18,19). The fourth-order valence-corrected chi connectivity index (χ4v) is 2.40. The number of carbonyl (C=O) groups is 1. The summed E-state index contributed by atoms with van der Waals surface area (Å²) < 4.78 is 10.7. The van der Waals surface area contributed by atoms with Crippen molar-refractivity contribution >= 4 is 5.91 Å². The molecule has 116 valence electrons. The second-order valence-electron chi connectivity index (χ2n) is 5.36. The Labute approximate surface area is 125 Å². The number of ether oxygens (including phenoxy) is 2. The van der Waals surface area contributed by atoms with Crippen molar-refractivity contribution in [1.82, 2.24) is 5.32 Å². The molecule has 3 N–H and O–H groups in total. The normalized spacial score (nSPS) is 17.4. The molecule has 2 rings (SSSR count). The van der Waals surface area contributed by atoms with Gasteiger partial charge in [-0.25, -0.2) is 0 Å². The molecule has 1 saturated heterocycles. The van der Waals surface area contributed by atoms with Crippen molar-refractivity contribution in [2.24, 2.45) is 5.73 Å². The quantitative estimate of drug-likeness (QED) is 0.830. The third kappa shape index (κ3) is 4.27. The van der Waals surface area contributed by atoms with Gasteiger partial charge in [0, 0.05) is 26.4 Å². The van der Waals surface area contributed by atoms with E-state index in [1.165, 1.54) is 0 Å². The first kappa shape index (κ1) is 15.9. The molecule has 1 aliphatic rings. The lowest BCUT2D eigenvalue weighted by Crippen LogP contribution is -2.56. The molecule has 0 unspecified atom stereocenters. The molecule has 1 aromatic carbocycles. The van der Waals surface area contributed by atoms with Crippen LogP contribution in [-0.4, -0.2) is 31.3 Å². The lowest BCUT2D eigenvalue weighted by atomic mass is 9.90. The summed E-state index contributed by atoms with van der Waals surface area (Å²) in [5.41, 5.74) is 7.53. The lowest BCUT2D eigenvalue weighted by Gasteiger charge is -2.31. The van der Waals surface area contributed by atoms with Crippen LogP contribution in [0.25, 0.3) is 0 Å². The van der Waals surface area contributed by atoms with Crippen LogP contribution in [-0.2, 0) is 27.4 Å². The molecule has 0 aromatic heterocycles. The van der Waals surface area contributed by atoms with Crippen molar-refractivity contribution in [2.45, 2.75) is 38.5 Å². The molecule has 1 aromatic rings. The molecule has 0 spiro atoms. The zero-order valence-electron chi connectivity index (χ0n) is 12.6. The Balaban J connectivity index is 1.94. The van der Waals surface area contributed by atoms with E-state index in [-0.39, 0.29) is 5.91 Å². The molecule has 1 aliphatic heterocycles. The fraction of sp³-hybridized carbons (Fsp3) is 0.562. The largest absolute Gasteiger partial charge is 0.381 e. The van der Waals surface area contributed by atoms with Gasteiger partial charge in [-0.2, -0.15) is 0 Å². The second kappa shape index (κ2) is 7.54. The Hall–Kier alpha value is -1.43. The average Bonchev–Trinajstić information content (AvgIpc) is 2.52. The van der Waals surface area contributed by atoms with Crippen molar-refractivity contribution < 1.29 is 14.3 Å². The van der Waals surface area contributed by atoms with E-state index in [2.05, 4.69) is 5.32 Å². The molecule has 1 fully saturated rings. The van der Waals surface area contributed by atoms with Crippen LogP contribution in [0.5, 0.6) is 0 Å². The van der Waals surface area contributed by atoms with Crippen LogP contribution in [0.4, 0.5) is 0 Å². The molecule has 0 atom stereocenters. The van der Waals surface area contributed by atoms with Crippen LogP contribution in [0.3, 0.4) is 0 Å². The van der Waals surface area contributed by atoms with E-state index in [0.29, 0.717) is 45.8 Å². The third-order valence-corrected chi connectivity index (χ3v) is 3.86. The summed E-state index contributed by atoms with van der Waals surface area (Å²) in [5, 5.41) is 2.95. The first-order valence-electron chi connectivity index (χ1n) is 7.45. The maximum absolute atomic E-state index is 12.3. The lowest BCUT2D eigenvalue weighted by molar-refractivity contribution is -0.129. The summed E-state index contributed by atoms with van der Waals surface area (Å²) >= 11 is 0. The molecule has 1 heterocycles. The summed E-state index contributed by atoms with van der Waals surface area (Å²) in [6, 6.07) is 7.96. The van der Waals surface area contributed by atoms with Gasteiger partial charge < -0.3 is 20.5 Å². The Morgan fingerprint density at radius 2 is 2.00 bits per heavy atom. The molecular formula is C16H24N2O3.